The molecule has 3 amide bonds. The number of carbonyl (C=O) groups is 2. The SMILES string of the molecule is CNC(=O)c1cc(Oc2ccc(CNC(=O)Nc3cc(C)c(Cl)cc3N3CCOCC3)cc2)ccn1. The zero-order valence-corrected chi connectivity index (χ0v) is 20.9. The molecular formula is C26H28ClN5O4. The molecule has 0 unspecified atom stereocenters. The van der Waals surface area contributed by atoms with E-state index in [1.807, 2.05) is 31.2 Å². The summed E-state index contributed by atoms with van der Waals surface area (Å²) in [6.07, 6.45) is 1.52. The number of nitrogens with one attached hydrogen (secondary N) is 3. The Kier molecular flexibility index (Phi) is 8.24. The zero-order valence-electron chi connectivity index (χ0n) is 20.1. The van der Waals surface area contributed by atoms with Crippen molar-refractivity contribution in [3.05, 3.63) is 76.6 Å². The van der Waals surface area contributed by atoms with Crippen LogP contribution in [0.4, 0.5) is 16.2 Å². The molecule has 3 N–H and O–H groups in total. The van der Waals surface area contributed by atoms with Gasteiger partial charge in [0.05, 0.1) is 24.6 Å². The van der Waals surface area contributed by atoms with Gasteiger partial charge in [-0.2, -0.15) is 0 Å². The number of carbonyl (C=O) groups excluding carboxylic acids is 2. The van der Waals surface area contributed by atoms with Gasteiger partial charge in [0.1, 0.15) is 17.2 Å². The van der Waals surface area contributed by atoms with E-state index in [1.165, 1.54) is 6.20 Å². The molecular weight excluding hydrogens is 482 g/mol. The molecule has 1 aromatic heterocycles. The summed E-state index contributed by atoms with van der Waals surface area (Å²) in [4.78, 5) is 30.6. The van der Waals surface area contributed by atoms with Gasteiger partial charge in [0.15, 0.2) is 0 Å². The van der Waals surface area contributed by atoms with E-state index >= 15 is 0 Å². The van der Waals surface area contributed by atoms with E-state index in [2.05, 4.69) is 25.8 Å². The van der Waals surface area contributed by atoms with E-state index in [-0.39, 0.29) is 17.6 Å². The molecule has 36 heavy (non-hydrogen) atoms. The third kappa shape index (κ3) is 6.44. The third-order valence-corrected chi connectivity index (χ3v) is 6.09. The molecule has 188 valence electrons. The molecule has 1 aliphatic rings. The first-order valence-corrected chi connectivity index (χ1v) is 11.9. The molecule has 1 saturated heterocycles. The molecule has 0 aliphatic carbocycles. The highest BCUT2D eigenvalue weighted by atomic mass is 35.5. The second-order valence-electron chi connectivity index (χ2n) is 8.23. The minimum Gasteiger partial charge on any atom is -0.457 e. The number of rotatable bonds is 7. The van der Waals surface area contributed by atoms with Crippen molar-refractivity contribution in [2.75, 3.05) is 43.6 Å². The van der Waals surface area contributed by atoms with Gasteiger partial charge in [-0.25, -0.2) is 4.79 Å². The number of hydrogen-bond donors (Lipinski definition) is 3. The lowest BCUT2D eigenvalue weighted by Crippen LogP contribution is -2.37. The maximum absolute atomic E-state index is 12.7. The highest BCUT2D eigenvalue weighted by molar-refractivity contribution is 6.31. The predicted octanol–water partition coefficient (Wildman–Crippen LogP) is 4.35. The van der Waals surface area contributed by atoms with Gasteiger partial charge >= 0.3 is 6.03 Å². The van der Waals surface area contributed by atoms with Crippen molar-refractivity contribution in [3.63, 3.8) is 0 Å². The molecule has 2 heterocycles. The fourth-order valence-corrected chi connectivity index (χ4v) is 3.88. The van der Waals surface area contributed by atoms with Gasteiger partial charge in [-0.1, -0.05) is 23.7 Å². The topological polar surface area (TPSA) is 105 Å². The van der Waals surface area contributed by atoms with E-state index in [4.69, 9.17) is 21.1 Å². The first-order valence-electron chi connectivity index (χ1n) is 11.6. The molecule has 0 radical (unpaired) electrons. The number of nitrogens with zero attached hydrogens (tertiary/aromatic N) is 2. The molecule has 0 bridgehead atoms. The first kappa shape index (κ1) is 25.3. The largest absolute Gasteiger partial charge is 0.457 e. The van der Waals surface area contributed by atoms with Gasteiger partial charge in [0.2, 0.25) is 0 Å². The molecule has 0 saturated carbocycles. The van der Waals surface area contributed by atoms with Crippen LogP contribution in [0.3, 0.4) is 0 Å². The monoisotopic (exact) mass is 509 g/mol. The van der Waals surface area contributed by atoms with E-state index in [1.54, 1.807) is 31.3 Å². The van der Waals surface area contributed by atoms with Crippen LogP contribution in [-0.4, -0.2) is 50.3 Å². The second kappa shape index (κ2) is 11.7. The van der Waals surface area contributed by atoms with E-state index in [9.17, 15) is 9.59 Å². The van der Waals surface area contributed by atoms with Crippen LogP contribution >= 0.6 is 11.6 Å². The fraction of sp³-hybridized carbons (Fsp3) is 0.269. The Balaban J connectivity index is 1.35. The normalized spacial score (nSPS) is 13.1. The molecule has 4 rings (SSSR count). The third-order valence-electron chi connectivity index (χ3n) is 5.68. The standard InChI is InChI=1S/C26H28ClN5O4/c1-17-13-22(24(15-21(17)27)32-9-11-35-12-10-32)31-26(34)30-16-18-3-5-19(6-4-18)36-20-7-8-29-23(14-20)25(33)28-2/h3-8,13-15H,9-12,16H2,1-2H3,(H,28,33)(H2,30,31,34). The van der Waals surface area contributed by atoms with Crippen molar-refractivity contribution in [1.82, 2.24) is 15.6 Å². The van der Waals surface area contributed by atoms with Gasteiger partial charge in [-0.05, 0) is 48.4 Å². The zero-order chi connectivity index (χ0) is 25.5. The molecule has 2 aromatic carbocycles. The average molecular weight is 510 g/mol. The smallest absolute Gasteiger partial charge is 0.319 e. The first-order chi connectivity index (χ1) is 17.4. The number of aryl methyl sites for hydroxylation is 1. The van der Waals surface area contributed by atoms with E-state index < -0.39 is 0 Å². The summed E-state index contributed by atoms with van der Waals surface area (Å²) in [5.74, 6) is 0.818. The predicted molar refractivity (Wildman–Crippen MR) is 139 cm³/mol. The number of pyridine rings is 1. The fourth-order valence-electron chi connectivity index (χ4n) is 3.72. The Morgan fingerprint density at radius 3 is 2.56 bits per heavy atom. The van der Waals surface area contributed by atoms with Crippen LogP contribution < -0.4 is 25.6 Å². The van der Waals surface area contributed by atoms with Gasteiger partial charge in [0.25, 0.3) is 5.91 Å². The van der Waals surface area contributed by atoms with Crippen molar-refractivity contribution in [1.29, 1.82) is 0 Å². The van der Waals surface area contributed by atoms with Gasteiger partial charge in [-0.3, -0.25) is 9.78 Å². The highest BCUT2D eigenvalue weighted by Gasteiger charge is 2.18. The Hall–Kier alpha value is -3.82. The molecule has 10 heteroatoms. The van der Waals surface area contributed by atoms with Crippen molar-refractivity contribution in [3.8, 4) is 11.5 Å². The number of benzene rings is 2. The second-order valence-corrected chi connectivity index (χ2v) is 8.63. The number of amides is 3. The molecule has 1 fully saturated rings. The number of aromatic nitrogens is 1. The van der Waals surface area contributed by atoms with Gasteiger partial charge < -0.3 is 30.3 Å². The van der Waals surface area contributed by atoms with Crippen LogP contribution in [-0.2, 0) is 11.3 Å². The van der Waals surface area contributed by atoms with Crippen LogP contribution in [0.5, 0.6) is 11.5 Å². The van der Waals surface area contributed by atoms with Gasteiger partial charge in [0, 0.05) is 44.0 Å². The van der Waals surface area contributed by atoms with Crippen LogP contribution in [0, 0.1) is 6.92 Å². The maximum atomic E-state index is 12.7. The lowest BCUT2D eigenvalue weighted by molar-refractivity contribution is 0.0957. The minimum atomic E-state index is -0.315. The molecule has 3 aromatic rings. The Bertz CT molecular complexity index is 1230. The summed E-state index contributed by atoms with van der Waals surface area (Å²) in [6.45, 7) is 4.97. The van der Waals surface area contributed by atoms with E-state index in [0.717, 1.165) is 29.9 Å². The summed E-state index contributed by atoms with van der Waals surface area (Å²) >= 11 is 6.36. The number of halogens is 1. The van der Waals surface area contributed by atoms with Crippen molar-refractivity contribution >= 4 is 34.9 Å². The molecule has 1 aliphatic heterocycles. The summed E-state index contributed by atoms with van der Waals surface area (Å²) in [5, 5.41) is 9.03. The van der Waals surface area contributed by atoms with Crippen LogP contribution in [0.2, 0.25) is 5.02 Å². The Labute approximate surface area is 214 Å². The summed E-state index contributed by atoms with van der Waals surface area (Å²) < 4.78 is 11.3. The van der Waals surface area contributed by atoms with Crippen molar-refractivity contribution in [2.45, 2.75) is 13.5 Å². The van der Waals surface area contributed by atoms with Gasteiger partial charge in [-0.15, -0.1) is 0 Å². The lowest BCUT2D eigenvalue weighted by atomic mass is 10.1. The van der Waals surface area contributed by atoms with E-state index in [0.29, 0.717) is 42.0 Å². The minimum absolute atomic E-state index is 0.273. The maximum Gasteiger partial charge on any atom is 0.319 e. The number of urea groups is 1. The quantitative estimate of drug-likeness (QED) is 0.437. The average Bonchev–Trinajstić information content (AvgIpc) is 2.90. The summed E-state index contributed by atoms with van der Waals surface area (Å²) in [6, 6.07) is 14.0. The number of hydrogen-bond acceptors (Lipinski definition) is 6. The number of ether oxygens (including phenoxy) is 2. The highest BCUT2D eigenvalue weighted by Crippen LogP contribution is 2.32. The summed E-state index contributed by atoms with van der Waals surface area (Å²) in [7, 11) is 1.55. The van der Waals surface area contributed by atoms with Crippen LogP contribution in [0.15, 0.2) is 54.7 Å². The summed E-state index contributed by atoms with van der Waals surface area (Å²) in [5.41, 5.74) is 3.64. The van der Waals surface area contributed by atoms with Crippen LogP contribution in [0.25, 0.3) is 0 Å². The number of anilines is 2. The van der Waals surface area contributed by atoms with Crippen molar-refractivity contribution < 1.29 is 19.1 Å². The molecule has 0 atom stereocenters. The van der Waals surface area contributed by atoms with Crippen molar-refractivity contribution in [2.24, 2.45) is 0 Å². The Morgan fingerprint density at radius 1 is 1.08 bits per heavy atom. The molecule has 9 nitrogen and oxygen atoms in total. The lowest BCUT2D eigenvalue weighted by Gasteiger charge is -2.31. The molecule has 0 spiro atoms. The number of morpholine rings is 1. The van der Waals surface area contributed by atoms with Crippen LogP contribution in [0.1, 0.15) is 21.6 Å². The Morgan fingerprint density at radius 2 is 1.83 bits per heavy atom.